The van der Waals surface area contributed by atoms with Gasteiger partial charge in [-0.2, -0.15) is 0 Å². The second kappa shape index (κ2) is 11.5. The predicted molar refractivity (Wildman–Crippen MR) is 165 cm³/mol. The van der Waals surface area contributed by atoms with E-state index in [0.29, 0.717) is 58.4 Å². The van der Waals surface area contributed by atoms with Crippen LogP contribution in [0.3, 0.4) is 0 Å². The molecule has 0 spiro atoms. The van der Waals surface area contributed by atoms with Crippen LogP contribution in [-0.4, -0.2) is 37.7 Å². The van der Waals surface area contributed by atoms with Crippen molar-refractivity contribution in [2.45, 2.75) is 12.8 Å². The van der Waals surface area contributed by atoms with E-state index in [2.05, 4.69) is 15.6 Å². The maximum atomic E-state index is 14.6. The van der Waals surface area contributed by atoms with Crippen molar-refractivity contribution in [3.05, 3.63) is 108 Å². The summed E-state index contributed by atoms with van der Waals surface area (Å²) in [5.41, 5.74) is 2.68. The lowest BCUT2D eigenvalue weighted by Crippen LogP contribution is -2.24. The van der Waals surface area contributed by atoms with Crippen molar-refractivity contribution in [2.24, 2.45) is 0 Å². The van der Waals surface area contributed by atoms with Gasteiger partial charge < -0.3 is 15.5 Å². The first-order valence-electron chi connectivity index (χ1n) is 13.9. The number of thiazole rings is 1. The molecule has 45 heavy (non-hydrogen) atoms. The lowest BCUT2D eigenvalue weighted by Gasteiger charge is -2.17. The molecule has 1 saturated heterocycles. The molecule has 9 nitrogen and oxygen atoms in total. The maximum Gasteiger partial charge on any atom is 0.261 e. The molecule has 224 valence electrons. The van der Waals surface area contributed by atoms with Crippen molar-refractivity contribution >= 4 is 51.1 Å². The highest BCUT2D eigenvalue weighted by Crippen LogP contribution is 2.35. The molecule has 1 aliphatic heterocycles. The van der Waals surface area contributed by atoms with E-state index in [1.54, 1.807) is 48.7 Å². The zero-order valence-electron chi connectivity index (χ0n) is 23.3. The minimum atomic E-state index is -0.963. The molecule has 0 saturated carbocycles. The molecule has 1 aliphatic rings. The molecule has 0 aliphatic carbocycles. The summed E-state index contributed by atoms with van der Waals surface area (Å²) in [6, 6.07) is 16.1. The lowest BCUT2D eigenvalue weighted by atomic mass is 10.1. The number of fused-ring (bicyclic) bond motifs is 1. The third-order valence-electron chi connectivity index (χ3n) is 7.31. The van der Waals surface area contributed by atoms with Crippen molar-refractivity contribution in [2.75, 3.05) is 22.1 Å². The Morgan fingerprint density at radius 1 is 0.911 bits per heavy atom. The van der Waals surface area contributed by atoms with E-state index in [1.807, 2.05) is 16.0 Å². The number of imidazole rings is 1. The number of aromatic nitrogens is 4. The van der Waals surface area contributed by atoms with Gasteiger partial charge in [-0.1, -0.05) is 18.2 Å². The lowest BCUT2D eigenvalue weighted by molar-refractivity contribution is -0.117. The van der Waals surface area contributed by atoms with Crippen LogP contribution in [-0.2, 0) is 4.79 Å². The van der Waals surface area contributed by atoms with Crippen LogP contribution in [0.4, 0.5) is 36.2 Å². The van der Waals surface area contributed by atoms with Gasteiger partial charge in [0.25, 0.3) is 5.91 Å². The van der Waals surface area contributed by atoms with Gasteiger partial charge in [-0.05, 0) is 55.0 Å². The van der Waals surface area contributed by atoms with Crippen molar-refractivity contribution in [1.82, 2.24) is 19.4 Å². The molecule has 7 rings (SSSR count). The zero-order chi connectivity index (χ0) is 31.1. The fraction of sp³-hybridized carbons (Fsp3) is 0.0938. The number of carbonyl (C=O) groups is 2. The molecule has 13 heteroatoms. The first-order valence-corrected chi connectivity index (χ1v) is 14.8. The molecule has 3 aromatic carbocycles. The van der Waals surface area contributed by atoms with Gasteiger partial charge in [-0.3, -0.25) is 14.0 Å². The summed E-state index contributed by atoms with van der Waals surface area (Å²) in [6.45, 7) is 0.455. The van der Waals surface area contributed by atoms with E-state index in [-0.39, 0.29) is 17.5 Å². The molecule has 3 aromatic heterocycles. The summed E-state index contributed by atoms with van der Waals surface area (Å²) in [4.78, 5) is 40.9. The number of hydrogen-bond donors (Lipinski definition) is 2. The first kappa shape index (κ1) is 28.2. The Kier molecular flexibility index (Phi) is 7.22. The highest BCUT2D eigenvalue weighted by molar-refractivity contribution is 7.15. The smallest absolute Gasteiger partial charge is 0.261 e. The van der Waals surface area contributed by atoms with Gasteiger partial charge in [-0.25, -0.2) is 28.1 Å². The Balaban J connectivity index is 1.21. The van der Waals surface area contributed by atoms with E-state index in [0.717, 1.165) is 12.1 Å². The van der Waals surface area contributed by atoms with Crippen molar-refractivity contribution in [3.63, 3.8) is 0 Å². The van der Waals surface area contributed by atoms with Gasteiger partial charge >= 0.3 is 0 Å². The van der Waals surface area contributed by atoms with Crippen LogP contribution in [0.25, 0.3) is 27.6 Å². The van der Waals surface area contributed by atoms with Gasteiger partial charge in [-0.15, -0.1) is 11.3 Å². The Hall–Kier alpha value is -5.56. The van der Waals surface area contributed by atoms with Crippen LogP contribution >= 0.6 is 11.3 Å². The number of halogens is 3. The second-order valence-electron chi connectivity index (χ2n) is 10.2. The molecule has 0 bridgehead atoms. The van der Waals surface area contributed by atoms with Crippen molar-refractivity contribution in [3.8, 4) is 22.6 Å². The second-order valence-corrected chi connectivity index (χ2v) is 11.1. The van der Waals surface area contributed by atoms with Gasteiger partial charge in [0.1, 0.15) is 28.7 Å². The molecular formula is C32H22F3N7O2S. The number of nitrogens with one attached hydrogen (secondary N) is 2. The van der Waals surface area contributed by atoms with Gasteiger partial charge in [0, 0.05) is 47.7 Å². The monoisotopic (exact) mass is 625 g/mol. The van der Waals surface area contributed by atoms with Gasteiger partial charge in [0.15, 0.2) is 4.96 Å². The third kappa shape index (κ3) is 5.38. The highest BCUT2D eigenvalue weighted by atomic mass is 32.1. The zero-order valence-corrected chi connectivity index (χ0v) is 24.1. The molecular weight excluding hydrogens is 603 g/mol. The van der Waals surface area contributed by atoms with Crippen LogP contribution in [0, 0.1) is 17.5 Å². The predicted octanol–water partition coefficient (Wildman–Crippen LogP) is 7.06. The normalized spacial score (nSPS) is 13.0. The van der Waals surface area contributed by atoms with Crippen LogP contribution in [0.15, 0.2) is 84.5 Å². The summed E-state index contributed by atoms with van der Waals surface area (Å²) in [5.74, 6) is -3.23. The minimum Gasteiger partial charge on any atom is -0.324 e. The topological polar surface area (TPSA) is 105 Å². The number of amides is 2. The Bertz CT molecular complexity index is 2090. The molecule has 0 atom stereocenters. The van der Waals surface area contributed by atoms with E-state index < -0.39 is 28.9 Å². The average molecular weight is 626 g/mol. The van der Waals surface area contributed by atoms with Crippen LogP contribution in [0.5, 0.6) is 0 Å². The minimum absolute atomic E-state index is 0.125. The first-order chi connectivity index (χ1) is 21.9. The fourth-order valence-electron chi connectivity index (χ4n) is 5.26. The number of anilines is 4. The molecule has 4 heterocycles. The van der Waals surface area contributed by atoms with Crippen LogP contribution in [0.1, 0.15) is 23.2 Å². The number of nitrogens with zero attached hydrogens (tertiary/aromatic N) is 5. The summed E-state index contributed by atoms with van der Waals surface area (Å²) >= 11 is 1.42. The number of hydrogen-bond acceptors (Lipinski definition) is 7. The number of carbonyl (C=O) groups excluding carboxylic acids is 2. The molecule has 2 N–H and O–H groups in total. The van der Waals surface area contributed by atoms with Gasteiger partial charge in [0.05, 0.1) is 17.1 Å². The molecule has 1 fully saturated rings. The summed E-state index contributed by atoms with van der Waals surface area (Å²) in [7, 11) is 0. The molecule has 0 unspecified atom stereocenters. The molecule has 0 radical (unpaired) electrons. The standard InChI is InChI=1S/C32H22F3N7O2S/c33-21-10-9-20(17-25(21)41-13-3-8-26(41)43)38-31-36-12-11-24(39-31)29-28(40-32-42(29)14-15-45-32)18-4-1-5-19(16-18)37-30(44)27-22(34)6-2-7-23(27)35/h1-2,4-7,9-12,14-17H,3,8,13H2,(H,37,44)(H,36,38,39). The van der Waals surface area contributed by atoms with Crippen LogP contribution in [0.2, 0.25) is 0 Å². The maximum absolute atomic E-state index is 14.6. The molecule has 2 amide bonds. The average Bonchev–Trinajstić information content (AvgIpc) is 3.75. The largest absolute Gasteiger partial charge is 0.324 e. The van der Waals surface area contributed by atoms with E-state index in [9.17, 15) is 22.8 Å². The number of benzene rings is 3. The highest BCUT2D eigenvalue weighted by Gasteiger charge is 2.25. The number of rotatable bonds is 7. The van der Waals surface area contributed by atoms with Gasteiger partial charge in [0.2, 0.25) is 11.9 Å². The van der Waals surface area contributed by atoms with Crippen molar-refractivity contribution < 1.29 is 22.8 Å². The van der Waals surface area contributed by atoms with Crippen molar-refractivity contribution in [1.29, 1.82) is 0 Å². The summed E-state index contributed by atoms with van der Waals surface area (Å²) in [6.07, 6.45) is 4.48. The molecule has 6 aromatic rings. The van der Waals surface area contributed by atoms with E-state index in [1.165, 1.54) is 28.4 Å². The van der Waals surface area contributed by atoms with E-state index in [4.69, 9.17) is 9.97 Å². The van der Waals surface area contributed by atoms with E-state index >= 15 is 0 Å². The van der Waals surface area contributed by atoms with Crippen LogP contribution < -0.4 is 15.5 Å². The third-order valence-corrected chi connectivity index (χ3v) is 8.07. The quantitative estimate of drug-likeness (QED) is 0.197. The Morgan fingerprint density at radius 2 is 1.73 bits per heavy atom. The fourth-order valence-corrected chi connectivity index (χ4v) is 5.98. The SMILES string of the molecule is O=C(Nc1cccc(-c2nc3sccn3c2-c2ccnc(Nc3ccc(F)c(N4CCCC4=O)c3)n2)c1)c1c(F)cccc1F. The summed E-state index contributed by atoms with van der Waals surface area (Å²) in [5, 5.41) is 7.56. The summed E-state index contributed by atoms with van der Waals surface area (Å²) < 4.78 is 44.9. The Labute approximate surface area is 258 Å². The Morgan fingerprint density at radius 3 is 2.53 bits per heavy atom.